The van der Waals surface area contributed by atoms with Crippen LogP contribution in [0.1, 0.15) is 12.5 Å². The predicted molar refractivity (Wildman–Crippen MR) is 84.7 cm³/mol. The van der Waals surface area contributed by atoms with Gasteiger partial charge in [0.05, 0.1) is 12.8 Å². The lowest BCUT2D eigenvalue weighted by molar-refractivity contribution is -0.132. The van der Waals surface area contributed by atoms with Crippen molar-refractivity contribution in [3.8, 4) is 28.8 Å². The Morgan fingerprint density at radius 3 is 2.70 bits per heavy atom. The van der Waals surface area contributed by atoms with Crippen molar-refractivity contribution in [1.29, 1.82) is 5.26 Å². The summed E-state index contributed by atoms with van der Waals surface area (Å²) in [4.78, 5) is 30.0. The van der Waals surface area contributed by atoms with Crippen LogP contribution in [0.3, 0.4) is 0 Å². The van der Waals surface area contributed by atoms with Gasteiger partial charge in [-0.25, -0.2) is 4.98 Å². The van der Waals surface area contributed by atoms with E-state index < -0.39 is 11.5 Å². The Morgan fingerprint density at radius 2 is 2.13 bits per heavy atom. The van der Waals surface area contributed by atoms with Gasteiger partial charge in [-0.05, 0) is 24.5 Å². The number of rotatable bonds is 4. The van der Waals surface area contributed by atoms with Crippen molar-refractivity contribution in [2.75, 3.05) is 13.4 Å². The van der Waals surface area contributed by atoms with Crippen LogP contribution in [0.4, 0.5) is 0 Å². The zero-order chi connectivity index (χ0) is 17.0. The molecule has 0 atom stereocenters. The maximum Gasteiger partial charge on any atom is 0.308 e. The van der Waals surface area contributed by atoms with E-state index >= 15 is 0 Å². The smallest absolute Gasteiger partial charge is 0.308 e. The van der Waals surface area contributed by atoms with Crippen LogP contribution >= 0.6 is 11.8 Å². The molecule has 0 radical (unpaired) electrons. The third-order valence-corrected chi connectivity index (χ3v) is 3.47. The maximum absolute atomic E-state index is 12.0. The first-order chi connectivity index (χ1) is 11.0. The molecular weight excluding hydrogens is 318 g/mol. The van der Waals surface area contributed by atoms with E-state index in [4.69, 9.17) is 9.47 Å². The molecule has 1 N–H and O–H groups in total. The second-order valence-electron chi connectivity index (χ2n) is 4.37. The van der Waals surface area contributed by atoms with Crippen LogP contribution in [0, 0.1) is 11.3 Å². The van der Waals surface area contributed by atoms with Gasteiger partial charge in [-0.15, -0.1) is 0 Å². The van der Waals surface area contributed by atoms with Crippen molar-refractivity contribution < 1.29 is 14.3 Å². The van der Waals surface area contributed by atoms with E-state index in [2.05, 4.69) is 9.97 Å². The molecule has 0 aliphatic rings. The summed E-state index contributed by atoms with van der Waals surface area (Å²) < 4.78 is 10.2. The van der Waals surface area contributed by atoms with Crippen molar-refractivity contribution in [3.63, 3.8) is 0 Å². The lowest BCUT2D eigenvalue weighted by Gasteiger charge is -2.11. The zero-order valence-corrected chi connectivity index (χ0v) is 13.5. The first-order valence-corrected chi connectivity index (χ1v) is 7.67. The van der Waals surface area contributed by atoms with Crippen LogP contribution in [0.15, 0.2) is 28.2 Å². The largest absolute Gasteiger partial charge is 0.493 e. The Balaban J connectivity index is 2.67. The molecule has 118 valence electrons. The van der Waals surface area contributed by atoms with Gasteiger partial charge < -0.3 is 14.5 Å². The van der Waals surface area contributed by atoms with E-state index in [1.165, 1.54) is 31.9 Å². The third kappa shape index (κ3) is 3.52. The van der Waals surface area contributed by atoms with Gasteiger partial charge in [-0.1, -0.05) is 11.8 Å². The molecule has 0 fully saturated rings. The first-order valence-electron chi connectivity index (χ1n) is 6.45. The highest BCUT2D eigenvalue weighted by Crippen LogP contribution is 2.33. The molecule has 7 nitrogen and oxygen atoms in total. The zero-order valence-electron chi connectivity index (χ0n) is 12.7. The third-order valence-electron chi connectivity index (χ3n) is 2.89. The fraction of sp³-hybridized carbons (Fsp3) is 0.200. The molecule has 2 aromatic rings. The number of aromatic nitrogens is 2. The predicted octanol–water partition coefficient (Wildman–Crippen LogP) is 1.96. The first kappa shape index (κ1) is 16.6. The van der Waals surface area contributed by atoms with Crippen LogP contribution < -0.4 is 15.0 Å². The number of thioether (sulfide) groups is 1. The molecule has 23 heavy (non-hydrogen) atoms. The quantitative estimate of drug-likeness (QED) is 0.395. The summed E-state index contributed by atoms with van der Waals surface area (Å²) in [6.45, 7) is 1.27. The number of methoxy groups -OCH3 is 1. The van der Waals surface area contributed by atoms with E-state index in [9.17, 15) is 14.9 Å². The number of esters is 1. The molecule has 1 aromatic heterocycles. The van der Waals surface area contributed by atoms with Crippen LogP contribution in [0.25, 0.3) is 11.3 Å². The maximum atomic E-state index is 12.0. The number of benzene rings is 1. The van der Waals surface area contributed by atoms with Crippen molar-refractivity contribution in [3.05, 3.63) is 34.1 Å². The summed E-state index contributed by atoms with van der Waals surface area (Å²) in [7, 11) is 1.44. The van der Waals surface area contributed by atoms with Gasteiger partial charge in [0.15, 0.2) is 16.7 Å². The summed E-state index contributed by atoms with van der Waals surface area (Å²) >= 11 is 1.25. The summed E-state index contributed by atoms with van der Waals surface area (Å²) in [6.07, 6.45) is 1.76. The second-order valence-corrected chi connectivity index (χ2v) is 5.16. The lowest BCUT2D eigenvalue weighted by atomic mass is 10.1. The lowest BCUT2D eigenvalue weighted by Crippen LogP contribution is -2.14. The second kappa shape index (κ2) is 6.98. The van der Waals surface area contributed by atoms with E-state index in [-0.39, 0.29) is 17.0 Å². The molecule has 1 heterocycles. The average Bonchev–Trinajstić information content (AvgIpc) is 2.53. The fourth-order valence-corrected chi connectivity index (χ4v) is 2.30. The van der Waals surface area contributed by atoms with Gasteiger partial charge in [-0.2, -0.15) is 5.26 Å². The summed E-state index contributed by atoms with van der Waals surface area (Å²) in [5, 5.41) is 9.60. The van der Waals surface area contributed by atoms with Gasteiger partial charge in [0.2, 0.25) is 0 Å². The fourth-order valence-electron chi connectivity index (χ4n) is 1.92. The molecule has 0 aliphatic carbocycles. The highest BCUT2D eigenvalue weighted by atomic mass is 32.2. The van der Waals surface area contributed by atoms with Crippen molar-refractivity contribution in [1.82, 2.24) is 9.97 Å². The molecular formula is C15H13N3O4S. The van der Waals surface area contributed by atoms with E-state index in [0.717, 1.165) is 0 Å². The molecule has 8 heteroatoms. The minimum absolute atomic E-state index is 0.109. The van der Waals surface area contributed by atoms with E-state index in [1.807, 2.05) is 6.07 Å². The van der Waals surface area contributed by atoms with Gasteiger partial charge in [0.1, 0.15) is 11.6 Å². The number of hydrogen-bond acceptors (Lipinski definition) is 7. The van der Waals surface area contributed by atoms with Crippen LogP contribution in [-0.2, 0) is 4.79 Å². The van der Waals surface area contributed by atoms with Gasteiger partial charge in [-0.3, -0.25) is 9.59 Å². The Labute approximate surface area is 136 Å². The highest BCUT2D eigenvalue weighted by Gasteiger charge is 2.16. The normalized spacial score (nSPS) is 10.0. The molecule has 0 aliphatic heterocycles. The van der Waals surface area contributed by atoms with Crippen LogP contribution in [0.2, 0.25) is 0 Å². The number of nitrogens with zero attached hydrogens (tertiary/aromatic N) is 2. The Hall–Kier alpha value is -2.79. The Bertz CT molecular complexity index is 855. The standard InChI is InChI=1S/C15H13N3O4S/c1-8(19)22-12-6-9(4-5-11(12)21-2)13-10(7-16)14(20)18-15(17-13)23-3/h4-6H,1-3H3,(H,17,18,20). The van der Waals surface area contributed by atoms with Crippen molar-refractivity contribution in [2.24, 2.45) is 0 Å². The van der Waals surface area contributed by atoms with E-state index in [0.29, 0.717) is 16.5 Å². The van der Waals surface area contributed by atoms with Crippen LogP contribution in [0.5, 0.6) is 11.5 Å². The minimum Gasteiger partial charge on any atom is -0.493 e. The number of carbonyl (C=O) groups excluding carboxylic acids is 1. The molecule has 1 aromatic carbocycles. The summed E-state index contributed by atoms with van der Waals surface area (Å²) in [5.41, 5.74) is 0.0603. The number of nitriles is 1. The number of ether oxygens (including phenoxy) is 2. The summed E-state index contributed by atoms with van der Waals surface area (Å²) in [6, 6.07) is 6.57. The number of carbonyl (C=O) groups is 1. The van der Waals surface area contributed by atoms with E-state index in [1.54, 1.807) is 18.4 Å². The average molecular weight is 331 g/mol. The Kier molecular flexibility index (Phi) is 5.03. The van der Waals surface area contributed by atoms with Gasteiger partial charge >= 0.3 is 5.97 Å². The molecule has 0 bridgehead atoms. The molecule has 0 spiro atoms. The van der Waals surface area contributed by atoms with Crippen LogP contribution in [-0.4, -0.2) is 29.3 Å². The molecule has 0 saturated heterocycles. The molecule has 0 unspecified atom stereocenters. The molecule has 0 amide bonds. The molecule has 2 rings (SSSR count). The number of aromatic amines is 1. The molecule has 0 saturated carbocycles. The minimum atomic E-state index is -0.522. The number of hydrogen-bond donors (Lipinski definition) is 1. The van der Waals surface area contributed by atoms with Gasteiger partial charge in [0, 0.05) is 12.5 Å². The Morgan fingerprint density at radius 1 is 1.39 bits per heavy atom. The topological polar surface area (TPSA) is 105 Å². The van der Waals surface area contributed by atoms with Crippen molar-refractivity contribution in [2.45, 2.75) is 12.1 Å². The number of H-pyrrole nitrogens is 1. The number of nitrogens with one attached hydrogen (secondary N) is 1. The SMILES string of the molecule is COc1ccc(-c2nc(SC)[nH]c(=O)c2C#N)cc1OC(C)=O. The summed E-state index contributed by atoms with van der Waals surface area (Å²) in [5.74, 6) is 0.0381. The van der Waals surface area contributed by atoms with Gasteiger partial charge in [0.25, 0.3) is 5.56 Å². The van der Waals surface area contributed by atoms with Crippen molar-refractivity contribution >= 4 is 17.7 Å². The monoisotopic (exact) mass is 331 g/mol. The highest BCUT2D eigenvalue weighted by molar-refractivity contribution is 7.98.